The summed E-state index contributed by atoms with van der Waals surface area (Å²) in [5, 5.41) is 18.5. The van der Waals surface area contributed by atoms with Crippen molar-refractivity contribution in [3.05, 3.63) is 29.6 Å². The molecule has 0 bridgehead atoms. The summed E-state index contributed by atoms with van der Waals surface area (Å²) in [5.41, 5.74) is 1.94. The number of hydrogen-bond donors (Lipinski definition) is 2. The minimum absolute atomic E-state index is 0.217. The lowest BCUT2D eigenvalue weighted by Crippen LogP contribution is -2.31. The normalized spacial score (nSPS) is 22.4. The zero-order valence-corrected chi connectivity index (χ0v) is 10.7. The van der Waals surface area contributed by atoms with Crippen molar-refractivity contribution in [1.29, 1.82) is 0 Å². The van der Waals surface area contributed by atoms with Gasteiger partial charge in [-0.1, -0.05) is 6.92 Å². The molecular weight excluding hydrogens is 244 g/mol. The van der Waals surface area contributed by atoms with Gasteiger partial charge in [-0.25, -0.2) is 9.78 Å². The highest BCUT2D eigenvalue weighted by molar-refractivity contribution is 5.92. The van der Waals surface area contributed by atoms with E-state index in [-0.39, 0.29) is 17.7 Å². The number of aromatic carboxylic acids is 1. The maximum Gasteiger partial charge on any atom is 0.335 e. The first kappa shape index (κ1) is 12.2. The van der Waals surface area contributed by atoms with Crippen LogP contribution in [0, 0.1) is 0 Å². The van der Waals surface area contributed by atoms with Crippen molar-refractivity contribution in [2.24, 2.45) is 0 Å². The molecule has 5 nitrogen and oxygen atoms in total. The molecule has 2 aromatic rings. The second-order valence-corrected chi connectivity index (χ2v) is 5.04. The second-order valence-electron chi connectivity index (χ2n) is 5.04. The van der Waals surface area contributed by atoms with Gasteiger partial charge in [0.2, 0.25) is 0 Å². The number of aromatic nitrogens is 2. The van der Waals surface area contributed by atoms with Crippen LogP contribution in [0.5, 0.6) is 0 Å². The highest BCUT2D eigenvalue weighted by Crippen LogP contribution is 2.36. The second kappa shape index (κ2) is 4.35. The van der Waals surface area contributed by atoms with E-state index in [4.69, 9.17) is 5.11 Å². The Morgan fingerprint density at radius 3 is 2.79 bits per heavy atom. The molecule has 2 N–H and O–H groups in total. The maximum atomic E-state index is 11.0. The fourth-order valence-corrected chi connectivity index (χ4v) is 2.71. The summed E-state index contributed by atoms with van der Waals surface area (Å²) >= 11 is 0. The van der Waals surface area contributed by atoms with Crippen LogP contribution in [-0.4, -0.2) is 31.8 Å². The van der Waals surface area contributed by atoms with Gasteiger partial charge in [-0.3, -0.25) is 0 Å². The van der Waals surface area contributed by atoms with Crippen LogP contribution in [-0.2, 0) is 6.42 Å². The smallest absolute Gasteiger partial charge is 0.335 e. The van der Waals surface area contributed by atoms with E-state index in [0.29, 0.717) is 0 Å². The monoisotopic (exact) mass is 260 g/mol. The molecule has 1 heterocycles. The van der Waals surface area contributed by atoms with E-state index in [1.807, 2.05) is 13.0 Å². The third kappa shape index (κ3) is 1.90. The van der Waals surface area contributed by atoms with Gasteiger partial charge in [0.15, 0.2) is 0 Å². The molecule has 3 rings (SSSR count). The zero-order chi connectivity index (χ0) is 13.6. The number of aliphatic hydroxyl groups is 1. The summed E-state index contributed by atoms with van der Waals surface area (Å²) in [6.07, 6.45) is 2.08. The average molecular weight is 260 g/mol. The highest BCUT2D eigenvalue weighted by Gasteiger charge is 2.31. The van der Waals surface area contributed by atoms with Crippen molar-refractivity contribution in [3.63, 3.8) is 0 Å². The molecule has 1 saturated carbocycles. The Balaban J connectivity index is 2.12. The molecule has 0 saturated heterocycles. The summed E-state index contributed by atoms with van der Waals surface area (Å²) < 4.78 is 2.15. The van der Waals surface area contributed by atoms with E-state index in [0.717, 1.165) is 36.1 Å². The fraction of sp³-hybridized carbons (Fsp3) is 0.429. The number of nitrogens with zero attached hydrogens (tertiary/aromatic N) is 2. The minimum atomic E-state index is -0.937. The van der Waals surface area contributed by atoms with E-state index in [1.54, 1.807) is 12.1 Å². The van der Waals surface area contributed by atoms with Crippen LogP contribution < -0.4 is 0 Å². The maximum absolute atomic E-state index is 11.0. The van der Waals surface area contributed by atoms with Crippen molar-refractivity contribution < 1.29 is 15.0 Å². The van der Waals surface area contributed by atoms with Gasteiger partial charge in [-0.05, 0) is 31.0 Å². The lowest BCUT2D eigenvalue weighted by Gasteiger charge is -2.34. The topological polar surface area (TPSA) is 75.3 Å². The summed E-state index contributed by atoms with van der Waals surface area (Å²) in [6, 6.07) is 5.32. The van der Waals surface area contributed by atoms with Crippen LogP contribution in [0.15, 0.2) is 18.2 Å². The van der Waals surface area contributed by atoms with E-state index in [1.165, 1.54) is 0 Å². The van der Waals surface area contributed by atoms with Crippen LogP contribution in [0.1, 0.15) is 42.0 Å². The molecule has 100 valence electrons. The molecule has 0 unspecified atom stereocenters. The molecule has 1 aromatic heterocycles. The van der Waals surface area contributed by atoms with Crippen LogP contribution in [0.4, 0.5) is 0 Å². The van der Waals surface area contributed by atoms with Crippen molar-refractivity contribution in [3.8, 4) is 0 Å². The number of carboxylic acid groups (broad SMARTS) is 1. The van der Waals surface area contributed by atoms with E-state index >= 15 is 0 Å². The molecule has 0 spiro atoms. The third-order valence-electron chi connectivity index (χ3n) is 3.78. The lowest BCUT2D eigenvalue weighted by molar-refractivity contribution is 0.0491. The Kier molecular flexibility index (Phi) is 2.78. The van der Waals surface area contributed by atoms with Gasteiger partial charge in [-0.2, -0.15) is 0 Å². The Morgan fingerprint density at radius 2 is 2.21 bits per heavy atom. The molecule has 0 atom stereocenters. The van der Waals surface area contributed by atoms with Crippen molar-refractivity contribution >= 4 is 17.0 Å². The summed E-state index contributed by atoms with van der Waals surface area (Å²) in [5.74, 6) is 0.0167. The van der Waals surface area contributed by atoms with Gasteiger partial charge in [-0.15, -0.1) is 0 Å². The number of aryl methyl sites for hydroxylation is 1. The van der Waals surface area contributed by atoms with E-state index in [2.05, 4.69) is 9.55 Å². The first-order valence-electron chi connectivity index (χ1n) is 6.52. The van der Waals surface area contributed by atoms with Crippen molar-refractivity contribution in [2.75, 3.05) is 0 Å². The van der Waals surface area contributed by atoms with Crippen LogP contribution >= 0.6 is 0 Å². The quantitative estimate of drug-likeness (QED) is 0.885. The lowest BCUT2D eigenvalue weighted by atomic mass is 9.89. The van der Waals surface area contributed by atoms with E-state index in [9.17, 15) is 9.90 Å². The summed E-state index contributed by atoms with van der Waals surface area (Å²) in [7, 11) is 0. The number of hydrogen-bond acceptors (Lipinski definition) is 3. The third-order valence-corrected chi connectivity index (χ3v) is 3.78. The number of carbonyl (C=O) groups is 1. The van der Waals surface area contributed by atoms with Crippen molar-refractivity contribution in [1.82, 2.24) is 9.55 Å². The predicted octanol–water partition coefficient (Wildman–Crippen LogP) is 1.99. The number of carboxylic acids is 1. The zero-order valence-electron chi connectivity index (χ0n) is 10.7. The largest absolute Gasteiger partial charge is 0.478 e. The minimum Gasteiger partial charge on any atom is -0.478 e. The molecule has 1 aliphatic rings. The Morgan fingerprint density at radius 1 is 1.47 bits per heavy atom. The Bertz CT molecular complexity index is 641. The number of imidazole rings is 1. The number of aliphatic hydroxyl groups excluding tert-OH is 1. The SMILES string of the molecule is CCc1nc2cc(C(=O)O)ccc2n1C1CC(O)C1. The van der Waals surface area contributed by atoms with Crippen molar-refractivity contribution in [2.45, 2.75) is 38.3 Å². The van der Waals surface area contributed by atoms with Gasteiger partial charge in [0, 0.05) is 12.5 Å². The first-order valence-corrected chi connectivity index (χ1v) is 6.52. The summed E-state index contributed by atoms with van der Waals surface area (Å²) in [6.45, 7) is 2.03. The molecule has 1 fully saturated rings. The number of rotatable bonds is 3. The Labute approximate surface area is 110 Å². The van der Waals surface area contributed by atoms with Gasteiger partial charge >= 0.3 is 5.97 Å². The Hall–Kier alpha value is -1.88. The van der Waals surface area contributed by atoms with Gasteiger partial charge in [0.25, 0.3) is 0 Å². The number of fused-ring (bicyclic) bond motifs is 1. The fourth-order valence-electron chi connectivity index (χ4n) is 2.71. The van der Waals surface area contributed by atoms with Crippen LogP contribution in [0.2, 0.25) is 0 Å². The molecule has 1 aromatic carbocycles. The molecular formula is C14H16N2O3. The highest BCUT2D eigenvalue weighted by atomic mass is 16.4. The van der Waals surface area contributed by atoms with Gasteiger partial charge < -0.3 is 14.8 Å². The van der Waals surface area contributed by atoms with Crippen LogP contribution in [0.25, 0.3) is 11.0 Å². The molecule has 5 heteroatoms. The van der Waals surface area contributed by atoms with Gasteiger partial charge in [0.05, 0.1) is 22.7 Å². The van der Waals surface area contributed by atoms with Gasteiger partial charge in [0.1, 0.15) is 5.82 Å². The standard InChI is InChI=1S/C14H16N2O3/c1-2-13-15-11-5-8(14(18)19)3-4-12(11)16(13)9-6-10(17)7-9/h3-5,9-10,17H,2,6-7H2,1H3,(H,18,19). The average Bonchev–Trinajstić information content (AvgIpc) is 2.72. The number of benzene rings is 1. The summed E-state index contributed by atoms with van der Waals surface area (Å²) in [4.78, 5) is 15.5. The molecule has 0 amide bonds. The molecule has 1 aliphatic carbocycles. The first-order chi connectivity index (χ1) is 9.10. The predicted molar refractivity (Wildman–Crippen MR) is 70.3 cm³/mol. The molecule has 0 radical (unpaired) electrons. The van der Waals surface area contributed by atoms with E-state index < -0.39 is 5.97 Å². The van der Waals surface area contributed by atoms with Crippen LogP contribution in [0.3, 0.4) is 0 Å². The molecule has 0 aliphatic heterocycles. The molecule has 19 heavy (non-hydrogen) atoms.